The maximum Gasteiger partial charge on any atom is 0.266 e. The van der Waals surface area contributed by atoms with Gasteiger partial charge in [0.25, 0.3) is 5.56 Å². The van der Waals surface area contributed by atoms with Crippen LogP contribution in [0.25, 0.3) is 0 Å². The number of rotatable bonds is 3. The Bertz CT molecular complexity index is 913. The third-order valence-corrected chi connectivity index (χ3v) is 5.90. The molecule has 154 valence electrons. The number of benzene rings is 1. The molecule has 0 aliphatic carbocycles. The maximum absolute atomic E-state index is 13.1. The molecule has 1 aromatic heterocycles. The fourth-order valence-electron chi connectivity index (χ4n) is 4.11. The molecule has 0 unspecified atom stereocenters. The van der Waals surface area contributed by atoms with Crippen molar-refractivity contribution in [2.24, 2.45) is 13.0 Å². The van der Waals surface area contributed by atoms with E-state index in [0.29, 0.717) is 13.1 Å². The molecule has 4 rings (SSSR count). The number of anilines is 2. The van der Waals surface area contributed by atoms with Gasteiger partial charge in [0, 0.05) is 64.0 Å². The van der Waals surface area contributed by atoms with Gasteiger partial charge in [0.15, 0.2) is 0 Å². The molecule has 2 aromatic rings. The first kappa shape index (κ1) is 19.4. The molecule has 2 saturated heterocycles. The van der Waals surface area contributed by atoms with E-state index in [1.165, 1.54) is 22.9 Å². The van der Waals surface area contributed by atoms with E-state index in [-0.39, 0.29) is 23.2 Å². The minimum absolute atomic E-state index is 0.0381. The van der Waals surface area contributed by atoms with Crippen LogP contribution in [0.15, 0.2) is 41.2 Å². The predicted octanol–water partition coefficient (Wildman–Crippen LogP) is 1.48. The largest absolute Gasteiger partial charge is 0.368 e. The third kappa shape index (κ3) is 4.26. The lowest BCUT2D eigenvalue weighted by atomic mass is 9.95. The van der Waals surface area contributed by atoms with Crippen molar-refractivity contribution in [1.29, 1.82) is 0 Å². The maximum atomic E-state index is 13.1. The van der Waals surface area contributed by atoms with Gasteiger partial charge in [-0.1, -0.05) is 0 Å². The topological polar surface area (TPSA) is 61.7 Å². The lowest BCUT2D eigenvalue weighted by molar-refractivity contribution is -0.136. The van der Waals surface area contributed by atoms with Gasteiger partial charge in [-0.15, -0.1) is 0 Å². The SMILES string of the molecule is Cn1nc(N2CCC(C(=O)N3CCN(c4ccc(F)cc4)CC3)CC2)ccc1=O. The molecule has 3 heterocycles. The van der Waals surface area contributed by atoms with Crippen LogP contribution < -0.4 is 15.4 Å². The normalized spacial score (nSPS) is 18.2. The van der Waals surface area contributed by atoms with Gasteiger partial charge in [0.1, 0.15) is 11.6 Å². The van der Waals surface area contributed by atoms with Gasteiger partial charge < -0.3 is 14.7 Å². The molecule has 29 heavy (non-hydrogen) atoms. The van der Waals surface area contributed by atoms with Crippen molar-refractivity contribution in [3.8, 4) is 0 Å². The zero-order chi connectivity index (χ0) is 20.4. The van der Waals surface area contributed by atoms with E-state index >= 15 is 0 Å². The molecule has 0 radical (unpaired) electrons. The van der Waals surface area contributed by atoms with Crippen LogP contribution in [0, 0.1) is 11.7 Å². The van der Waals surface area contributed by atoms with Crippen LogP contribution in [0.3, 0.4) is 0 Å². The monoisotopic (exact) mass is 399 g/mol. The number of carbonyl (C=O) groups excluding carboxylic acids is 1. The van der Waals surface area contributed by atoms with Crippen LogP contribution >= 0.6 is 0 Å². The number of piperidine rings is 1. The molecule has 7 nitrogen and oxygen atoms in total. The van der Waals surface area contributed by atoms with Crippen molar-refractivity contribution in [3.63, 3.8) is 0 Å². The summed E-state index contributed by atoms with van der Waals surface area (Å²) in [4.78, 5) is 30.8. The highest BCUT2D eigenvalue weighted by atomic mass is 19.1. The summed E-state index contributed by atoms with van der Waals surface area (Å²) in [5, 5.41) is 4.30. The Morgan fingerprint density at radius 2 is 1.59 bits per heavy atom. The van der Waals surface area contributed by atoms with Crippen LogP contribution in [0.5, 0.6) is 0 Å². The highest BCUT2D eigenvalue weighted by Crippen LogP contribution is 2.24. The second-order valence-corrected chi connectivity index (χ2v) is 7.70. The number of hydrogen-bond donors (Lipinski definition) is 0. The van der Waals surface area contributed by atoms with E-state index < -0.39 is 0 Å². The number of carbonyl (C=O) groups is 1. The number of amides is 1. The van der Waals surface area contributed by atoms with Crippen LogP contribution in [0.2, 0.25) is 0 Å². The third-order valence-electron chi connectivity index (χ3n) is 5.90. The van der Waals surface area contributed by atoms with Gasteiger partial charge in [-0.2, -0.15) is 5.10 Å². The molecule has 0 spiro atoms. The first-order valence-corrected chi connectivity index (χ1v) is 10.1. The van der Waals surface area contributed by atoms with Crippen LogP contribution in [-0.4, -0.2) is 59.9 Å². The lowest BCUT2D eigenvalue weighted by Crippen LogP contribution is -2.51. The second kappa shape index (κ2) is 8.23. The van der Waals surface area contributed by atoms with Crippen molar-refractivity contribution in [3.05, 3.63) is 52.6 Å². The van der Waals surface area contributed by atoms with Gasteiger partial charge in [-0.25, -0.2) is 9.07 Å². The Balaban J connectivity index is 1.29. The Kier molecular flexibility index (Phi) is 5.51. The summed E-state index contributed by atoms with van der Waals surface area (Å²) in [6.07, 6.45) is 1.59. The van der Waals surface area contributed by atoms with E-state index in [4.69, 9.17) is 0 Å². The highest BCUT2D eigenvalue weighted by Gasteiger charge is 2.31. The lowest BCUT2D eigenvalue weighted by Gasteiger charge is -2.39. The van der Waals surface area contributed by atoms with Gasteiger partial charge in [0.2, 0.25) is 5.91 Å². The molecule has 1 amide bonds. The molecule has 8 heteroatoms. The molecule has 0 bridgehead atoms. The van der Waals surface area contributed by atoms with Crippen molar-refractivity contribution < 1.29 is 9.18 Å². The van der Waals surface area contributed by atoms with Crippen molar-refractivity contribution in [2.75, 3.05) is 49.1 Å². The van der Waals surface area contributed by atoms with E-state index in [9.17, 15) is 14.0 Å². The fraction of sp³-hybridized carbons (Fsp3) is 0.476. The summed E-state index contributed by atoms with van der Waals surface area (Å²) >= 11 is 0. The molecule has 2 aliphatic heterocycles. The predicted molar refractivity (Wildman–Crippen MR) is 110 cm³/mol. The number of aryl methyl sites for hydroxylation is 1. The van der Waals surface area contributed by atoms with Crippen LogP contribution in [0.4, 0.5) is 15.9 Å². The molecule has 2 fully saturated rings. The van der Waals surface area contributed by atoms with Gasteiger partial charge in [-0.3, -0.25) is 9.59 Å². The smallest absolute Gasteiger partial charge is 0.266 e. The summed E-state index contributed by atoms with van der Waals surface area (Å²) in [5.74, 6) is 0.820. The quantitative estimate of drug-likeness (QED) is 0.783. The Hall–Kier alpha value is -2.90. The van der Waals surface area contributed by atoms with Gasteiger partial charge in [-0.05, 0) is 43.2 Å². The molecule has 1 aromatic carbocycles. The van der Waals surface area contributed by atoms with E-state index in [2.05, 4.69) is 14.9 Å². The number of hydrogen-bond acceptors (Lipinski definition) is 5. The summed E-state index contributed by atoms with van der Waals surface area (Å²) < 4.78 is 14.4. The van der Waals surface area contributed by atoms with E-state index in [1.807, 2.05) is 4.90 Å². The summed E-state index contributed by atoms with van der Waals surface area (Å²) in [5.41, 5.74) is 0.871. The molecule has 0 N–H and O–H groups in total. The van der Waals surface area contributed by atoms with E-state index in [0.717, 1.165) is 50.5 Å². The summed E-state index contributed by atoms with van der Waals surface area (Å²) in [6, 6.07) is 9.80. The fourth-order valence-corrected chi connectivity index (χ4v) is 4.11. The van der Waals surface area contributed by atoms with Crippen molar-refractivity contribution in [2.45, 2.75) is 12.8 Å². The van der Waals surface area contributed by atoms with Crippen LogP contribution in [-0.2, 0) is 11.8 Å². The van der Waals surface area contributed by atoms with Crippen LogP contribution in [0.1, 0.15) is 12.8 Å². The van der Waals surface area contributed by atoms with Gasteiger partial charge in [0.05, 0.1) is 0 Å². The van der Waals surface area contributed by atoms with Crippen molar-refractivity contribution in [1.82, 2.24) is 14.7 Å². The molecular weight excluding hydrogens is 373 g/mol. The number of aromatic nitrogens is 2. The minimum Gasteiger partial charge on any atom is -0.368 e. The van der Waals surface area contributed by atoms with Gasteiger partial charge >= 0.3 is 0 Å². The Morgan fingerprint density at radius 1 is 0.931 bits per heavy atom. The Labute approximate surface area is 169 Å². The zero-order valence-electron chi connectivity index (χ0n) is 16.6. The molecular formula is C21H26FN5O2. The summed E-state index contributed by atoms with van der Waals surface area (Å²) in [6.45, 7) is 4.43. The number of halogens is 1. The Morgan fingerprint density at radius 3 is 2.21 bits per heavy atom. The molecule has 2 aliphatic rings. The first-order valence-electron chi connectivity index (χ1n) is 10.1. The second-order valence-electron chi connectivity index (χ2n) is 7.70. The average molecular weight is 399 g/mol. The average Bonchev–Trinajstić information content (AvgIpc) is 2.76. The highest BCUT2D eigenvalue weighted by molar-refractivity contribution is 5.79. The zero-order valence-corrected chi connectivity index (χ0v) is 16.6. The number of piperazine rings is 1. The molecule has 0 saturated carbocycles. The summed E-state index contributed by atoms with van der Waals surface area (Å²) in [7, 11) is 1.65. The van der Waals surface area contributed by atoms with Crippen molar-refractivity contribution >= 4 is 17.4 Å². The molecule has 0 atom stereocenters. The minimum atomic E-state index is -0.234. The van der Waals surface area contributed by atoms with E-state index in [1.54, 1.807) is 25.2 Å². The first-order chi connectivity index (χ1) is 14.0. The number of nitrogens with zero attached hydrogens (tertiary/aromatic N) is 5. The standard InChI is InChI=1S/C21H26FN5O2/c1-24-20(28)7-6-19(23-24)26-10-8-16(9-11-26)21(29)27-14-12-25(13-15-27)18-4-2-17(22)3-5-18/h2-7,16H,8-15H2,1H3.